The monoisotopic (exact) mass is 267 g/mol. The van der Waals surface area contributed by atoms with Gasteiger partial charge in [0.1, 0.15) is 18.2 Å². The molecule has 0 aromatic rings. The second-order valence-corrected chi connectivity index (χ2v) is 5.00. The predicted octanol–water partition coefficient (Wildman–Crippen LogP) is -2.04. The molecule has 0 unspecified atom stereocenters. The minimum Gasteiger partial charge on any atom is -0.480 e. The van der Waals surface area contributed by atoms with Crippen molar-refractivity contribution in [3.05, 3.63) is 0 Å². The number of carboxylic acids is 1. The Labute approximate surface area is 103 Å². The maximum Gasteiger partial charge on any atom is 0.320 e. The van der Waals surface area contributed by atoms with Gasteiger partial charge in [-0.05, 0) is 12.2 Å². The van der Waals surface area contributed by atoms with E-state index in [4.69, 9.17) is 20.7 Å². The minimum atomic E-state index is -1.36. The average molecular weight is 267 g/mol. The van der Waals surface area contributed by atoms with Crippen molar-refractivity contribution < 1.29 is 30.0 Å². The molecule has 100 valence electrons. The van der Waals surface area contributed by atoms with Crippen LogP contribution in [0, 0.1) is 0 Å². The van der Waals surface area contributed by atoms with Crippen LogP contribution in [0.2, 0.25) is 0 Å². The number of hydrogen-bond acceptors (Lipinski definition) is 7. The van der Waals surface area contributed by atoms with E-state index in [0.717, 1.165) is 0 Å². The molecule has 1 aliphatic rings. The summed E-state index contributed by atoms with van der Waals surface area (Å²) in [6, 6.07) is -0.895. The molecular formula is C9H17NO6S. The smallest absolute Gasteiger partial charge is 0.320 e. The van der Waals surface area contributed by atoms with Crippen LogP contribution in [0.3, 0.4) is 0 Å². The van der Waals surface area contributed by atoms with Crippen LogP contribution in [-0.2, 0) is 9.53 Å². The average Bonchev–Trinajstić information content (AvgIpc) is 2.52. The van der Waals surface area contributed by atoms with Crippen LogP contribution in [0.4, 0.5) is 0 Å². The summed E-state index contributed by atoms with van der Waals surface area (Å²) in [5.74, 6) is -0.179. The molecule has 17 heavy (non-hydrogen) atoms. The SMILES string of the molecule is N[C@@H](CCSC[C@H]1O[C@H](O)[C@@H](O)[C@@H]1O)C(=O)O. The van der Waals surface area contributed by atoms with Gasteiger partial charge in [0.25, 0.3) is 0 Å². The Hall–Kier alpha value is -0.380. The van der Waals surface area contributed by atoms with E-state index >= 15 is 0 Å². The molecule has 1 heterocycles. The van der Waals surface area contributed by atoms with Crippen molar-refractivity contribution in [2.24, 2.45) is 5.73 Å². The van der Waals surface area contributed by atoms with Crippen LogP contribution in [0.5, 0.6) is 0 Å². The lowest BCUT2D eigenvalue weighted by atomic mass is 10.2. The summed E-state index contributed by atoms with van der Waals surface area (Å²) in [5.41, 5.74) is 5.31. The van der Waals surface area contributed by atoms with E-state index in [0.29, 0.717) is 17.9 Å². The summed E-state index contributed by atoms with van der Waals surface area (Å²) >= 11 is 1.35. The van der Waals surface area contributed by atoms with Crippen molar-refractivity contribution in [3.8, 4) is 0 Å². The molecular weight excluding hydrogens is 250 g/mol. The second kappa shape index (κ2) is 6.53. The molecule has 1 aliphatic heterocycles. The number of thioether (sulfide) groups is 1. The molecule has 0 aromatic heterocycles. The number of aliphatic hydroxyl groups excluding tert-OH is 3. The number of carboxylic acid groups (broad SMARTS) is 1. The van der Waals surface area contributed by atoms with Crippen LogP contribution in [0.1, 0.15) is 6.42 Å². The maximum atomic E-state index is 10.4. The van der Waals surface area contributed by atoms with Gasteiger partial charge >= 0.3 is 5.97 Å². The van der Waals surface area contributed by atoms with Gasteiger partial charge in [-0.1, -0.05) is 0 Å². The van der Waals surface area contributed by atoms with Crippen molar-refractivity contribution in [2.45, 2.75) is 37.1 Å². The first-order chi connectivity index (χ1) is 7.93. The van der Waals surface area contributed by atoms with Crippen molar-refractivity contribution in [3.63, 3.8) is 0 Å². The number of aliphatic hydroxyl groups is 3. The Bertz CT molecular complexity index is 266. The summed E-state index contributed by atoms with van der Waals surface area (Å²) in [6.07, 6.45) is -4.11. The molecule has 0 saturated carbocycles. The topological polar surface area (TPSA) is 133 Å². The van der Waals surface area contributed by atoms with E-state index < -0.39 is 36.6 Å². The number of aliphatic carboxylic acids is 1. The zero-order valence-corrected chi connectivity index (χ0v) is 9.92. The van der Waals surface area contributed by atoms with E-state index in [2.05, 4.69) is 0 Å². The Kier molecular flexibility index (Phi) is 5.63. The molecule has 1 rings (SSSR count). The van der Waals surface area contributed by atoms with E-state index in [-0.39, 0.29) is 0 Å². The van der Waals surface area contributed by atoms with E-state index in [9.17, 15) is 15.0 Å². The fraction of sp³-hybridized carbons (Fsp3) is 0.889. The molecule has 0 bridgehead atoms. The van der Waals surface area contributed by atoms with Crippen LogP contribution in [0.15, 0.2) is 0 Å². The second-order valence-electron chi connectivity index (χ2n) is 3.85. The third-order valence-electron chi connectivity index (χ3n) is 2.51. The fourth-order valence-corrected chi connectivity index (χ4v) is 2.50. The molecule has 8 heteroatoms. The molecule has 0 radical (unpaired) electrons. The van der Waals surface area contributed by atoms with Crippen LogP contribution in [0.25, 0.3) is 0 Å². The Morgan fingerprint density at radius 3 is 2.47 bits per heavy atom. The molecule has 5 atom stereocenters. The summed E-state index contributed by atoms with van der Waals surface area (Å²) < 4.78 is 4.93. The lowest BCUT2D eigenvalue weighted by Crippen LogP contribution is -2.33. The zero-order chi connectivity index (χ0) is 13.0. The number of ether oxygens (including phenoxy) is 1. The number of hydrogen-bond donors (Lipinski definition) is 5. The van der Waals surface area contributed by atoms with Gasteiger partial charge in [-0.3, -0.25) is 4.79 Å². The highest BCUT2D eigenvalue weighted by atomic mass is 32.2. The first-order valence-corrected chi connectivity index (χ1v) is 6.34. The van der Waals surface area contributed by atoms with E-state index in [1.54, 1.807) is 0 Å². The summed E-state index contributed by atoms with van der Waals surface area (Å²) in [4.78, 5) is 10.4. The van der Waals surface area contributed by atoms with Crippen LogP contribution < -0.4 is 5.73 Å². The van der Waals surface area contributed by atoms with Gasteiger partial charge in [0, 0.05) is 5.75 Å². The van der Waals surface area contributed by atoms with Gasteiger partial charge in [-0.2, -0.15) is 11.8 Å². The standard InChI is InChI=1S/C9H17NO6S/c10-4(8(13)14)1-2-17-3-5-6(11)7(12)9(15)16-5/h4-7,9,11-12,15H,1-3,10H2,(H,13,14)/t4-,5+,6+,7-,9-/m0/s1. The highest BCUT2D eigenvalue weighted by molar-refractivity contribution is 7.99. The fourth-order valence-electron chi connectivity index (χ4n) is 1.40. The van der Waals surface area contributed by atoms with Gasteiger partial charge < -0.3 is 30.9 Å². The Morgan fingerprint density at radius 1 is 1.35 bits per heavy atom. The lowest BCUT2D eigenvalue weighted by Gasteiger charge is -2.14. The summed E-state index contributed by atoms with van der Waals surface area (Å²) in [7, 11) is 0. The molecule has 1 saturated heterocycles. The Morgan fingerprint density at radius 2 is 2.00 bits per heavy atom. The van der Waals surface area contributed by atoms with Gasteiger partial charge in [0.15, 0.2) is 6.29 Å². The number of rotatable bonds is 6. The van der Waals surface area contributed by atoms with Crippen molar-refractivity contribution in [1.29, 1.82) is 0 Å². The molecule has 0 amide bonds. The summed E-state index contributed by atoms with van der Waals surface area (Å²) in [6.45, 7) is 0. The van der Waals surface area contributed by atoms with E-state index in [1.165, 1.54) is 11.8 Å². The van der Waals surface area contributed by atoms with Crippen molar-refractivity contribution in [1.82, 2.24) is 0 Å². The predicted molar refractivity (Wildman–Crippen MR) is 60.4 cm³/mol. The van der Waals surface area contributed by atoms with Crippen molar-refractivity contribution in [2.75, 3.05) is 11.5 Å². The third kappa shape index (κ3) is 4.09. The molecule has 0 aliphatic carbocycles. The molecule has 6 N–H and O–H groups in total. The van der Waals surface area contributed by atoms with Gasteiger partial charge in [-0.25, -0.2) is 0 Å². The highest BCUT2D eigenvalue weighted by Crippen LogP contribution is 2.23. The molecule has 0 aromatic carbocycles. The third-order valence-corrected chi connectivity index (χ3v) is 3.60. The molecule has 0 spiro atoms. The quantitative estimate of drug-likeness (QED) is 0.348. The van der Waals surface area contributed by atoms with E-state index in [1.807, 2.05) is 0 Å². The molecule has 1 fully saturated rings. The first kappa shape index (κ1) is 14.7. The number of carbonyl (C=O) groups is 1. The first-order valence-electron chi connectivity index (χ1n) is 5.19. The van der Waals surface area contributed by atoms with Gasteiger partial charge in [0.05, 0.1) is 6.10 Å². The summed E-state index contributed by atoms with van der Waals surface area (Å²) in [5, 5.41) is 36.3. The highest BCUT2D eigenvalue weighted by Gasteiger charge is 2.41. The largest absolute Gasteiger partial charge is 0.480 e. The lowest BCUT2D eigenvalue weighted by molar-refractivity contribution is -0.138. The normalized spacial score (nSPS) is 34.8. The zero-order valence-electron chi connectivity index (χ0n) is 9.10. The van der Waals surface area contributed by atoms with Crippen molar-refractivity contribution >= 4 is 17.7 Å². The Balaban J connectivity index is 2.17. The minimum absolute atomic E-state index is 0.313. The van der Waals surface area contributed by atoms with Crippen LogP contribution in [-0.4, -0.2) is 68.5 Å². The van der Waals surface area contributed by atoms with Gasteiger partial charge in [-0.15, -0.1) is 0 Å². The maximum absolute atomic E-state index is 10.4. The number of nitrogens with two attached hydrogens (primary N) is 1. The van der Waals surface area contributed by atoms with Crippen LogP contribution >= 0.6 is 11.8 Å². The van der Waals surface area contributed by atoms with Gasteiger partial charge in [0.2, 0.25) is 0 Å². The molecule has 7 nitrogen and oxygen atoms in total.